The van der Waals surface area contributed by atoms with E-state index < -0.39 is 29.7 Å². The standard InChI is InChI=1S/C25H19N5O4S/c31-19-9-8-18(22(32)27-19)30-23(33)16-7-6-15(12-17(16)24(30)34)20-21(29-10-11-35-25(29)28-20)26-13-14-4-2-1-3-5-14/h1-7,10-12,18,26H,8-9,13H2,(H,27,31,32). The number of hydrogen-bond acceptors (Lipinski definition) is 7. The number of anilines is 1. The third-order valence-electron chi connectivity index (χ3n) is 6.28. The van der Waals surface area contributed by atoms with Gasteiger partial charge in [-0.3, -0.25) is 33.8 Å². The van der Waals surface area contributed by atoms with E-state index in [-0.39, 0.29) is 24.0 Å². The molecule has 4 aromatic rings. The number of aromatic nitrogens is 2. The van der Waals surface area contributed by atoms with Crippen LogP contribution in [0.15, 0.2) is 60.1 Å². The summed E-state index contributed by atoms with van der Waals surface area (Å²) in [5.74, 6) is -1.32. The highest BCUT2D eigenvalue weighted by molar-refractivity contribution is 7.15. The zero-order valence-corrected chi connectivity index (χ0v) is 19.2. The average molecular weight is 486 g/mol. The molecule has 0 aliphatic carbocycles. The molecule has 2 aromatic heterocycles. The summed E-state index contributed by atoms with van der Waals surface area (Å²) < 4.78 is 1.96. The van der Waals surface area contributed by atoms with Crippen molar-refractivity contribution in [2.75, 3.05) is 5.32 Å². The number of rotatable bonds is 5. The molecule has 2 aromatic carbocycles. The maximum absolute atomic E-state index is 13.2. The van der Waals surface area contributed by atoms with E-state index in [1.54, 1.807) is 18.2 Å². The van der Waals surface area contributed by atoms with Crippen LogP contribution in [-0.2, 0) is 16.1 Å². The van der Waals surface area contributed by atoms with Gasteiger partial charge < -0.3 is 5.32 Å². The van der Waals surface area contributed by atoms with Gasteiger partial charge in [-0.05, 0) is 24.1 Å². The lowest BCUT2D eigenvalue weighted by Crippen LogP contribution is -2.54. The summed E-state index contributed by atoms with van der Waals surface area (Å²) in [5.41, 5.74) is 2.92. The number of imide groups is 2. The molecular weight excluding hydrogens is 466 g/mol. The van der Waals surface area contributed by atoms with Crippen molar-refractivity contribution < 1.29 is 19.2 Å². The predicted octanol–water partition coefficient (Wildman–Crippen LogP) is 3.08. The van der Waals surface area contributed by atoms with Crippen LogP contribution in [0.4, 0.5) is 5.82 Å². The van der Waals surface area contributed by atoms with Gasteiger partial charge in [0.2, 0.25) is 11.8 Å². The minimum Gasteiger partial charge on any atom is -0.365 e. The highest BCUT2D eigenvalue weighted by atomic mass is 32.1. The highest BCUT2D eigenvalue weighted by Gasteiger charge is 2.44. The Labute approximate surface area is 203 Å². The Hall–Kier alpha value is -4.31. The van der Waals surface area contributed by atoms with E-state index in [1.165, 1.54) is 11.3 Å². The Morgan fingerprint density at radius 3 is 2.63 bits per heavy atom. The van der Waals surface area contributed by atoms with Crippen molar-refractivity contribution in [3.05, 3.63) is 76.8 Å². The Morgan fingerprint density at radius 2 is 1.83 bits per heavy atom. The minimum absolute atomic E-state index is 0.0803. The molecule has 174 valence electrons. The Balaban J connectivity index is 1.35. The highest BCUT2D eigenvalue weighted by Crippen LogP contribution is 2.35. The molecule has 4 heterocycles. The lowest BCUT2D eigenvalue weighted by Gasteiger charge is -2.27. The van der Waals surface area contributed by atoms with Gasteiger partial charge in [-0.25, -0.2) is 4.98 Å². The number of carbonyl (C=O) groups excluding carboxylic acids is 4. The van der Waals surface area contributed by atoms with Gasteiger partial charge in [-0.2, -0.15) is 0 Å². The van der Waals surface area contributed by atoms with E-state index in [9.17, 15) is 19.2 Å². The van der Waals surface area contributed by atoms with E-state index in [1.807, 2.05) is 46.3 Å². The third-order valence-corrected chi connectivity index (χ3v) is 7.03. The molecule has 1 atom stereocenters. The summed E-state index contributed by atoms with van der Waals surface area (Å²) in [4.78, 5) is 56.6. The van der Waals surface area contributed by atoms with Gasteiger partial charge in [0.1, 0.15) is 17.6 Å². The molecule has 35 heavy (non-hydrogen) atoms. The Kier molecular flexibility index (Phi) is 4.96. The predicted molar refractivity (Wildman–Crippen MR) is 129 cm³/mol. The summed E-state index contributed by atoms with van der Waals surface area (Å²) in [5, 5.41) is 7.62. The molecule has 2 aliphatic heterocycles. The van der Waals surface area contributed by atoms with Gasteiger partial charge in [-0.1, -0.05) is 36.4 Å². The zero-order chi connectivity index (χ0) is 24.1. The second-order valence-corrected chi connectivity index (χ2v) is 9.28. The quantitative estimate of drug-likeness (QED) is 0.420. The van der Waals surface area contributed by atoms with Crippen LogP contribution in [0.25, 0.3) is 16.2 Å². The average Bonchev–Trinajstić information content (AvgIpc) is 3.52. The zero-order valence-electron chi connectivity index (χ0n) is 18.4. The first-order chi connectivity index (χ1) is 17.0. The second-order valence-electron chi connectivity index (χ2n) is 8.41. The molecule has 2 N–H and O–H groups in total. The van der Waals surface area contributed by atoms with Crippen LogP contribution < -0.4 is 10.6 Å². The maximum atomic E-state index is 13.2. The van der Waals surface area contributed by atoms with Crippen molar-refractivity contribution in [3.8, 4) is 11.3 Å². The van der Waals surface area contributed by atoms with E-state index in [2.05, 4.69) is 10.6 Å². The Morgan fingerprint density at radius 1 is 1.03 bits per heavy atom. The van der Waals surface area contributed by atoms with E-state index in [0.29, 0.717) is 17.8 Å². The monoisotopic (exact) mass is 485 g/mol. The molecule has 2 aliphatic rings. The molecule has 1 unspecified atom stereocenters. The van der Waals surface area contributed by atoms with Gasteiger partial charge in [0.05, 0.1) is 11.1 Å². The van der Waals surface area contributed by atoms with E-state index in [0.717, 1.165) is 21.2 Å². The van der Waals surface area contributed by atoms with Crippen molar-refractivity contribution in [1.29, 1.82) is 0 Å². The summed E-state index contributed by atoms with van der Waals surface area (Å²) in [7, 11) is 0. The number of carbonyl (C=O) groups is 4. The second kappa shape index (κ2) is 8.17. The molecule has 0 saturated carbocycles. The van der Waals surface area contributed by atoms with Gasteiger partial charge in [-0.15, -0.1) is 11.3 Å². The van der Waals surface area contributed by atoms with Crippen LogP contribution in [0.1, 0.15) is 39.1 Å². The van der Waals surface area contributed by atoms with Gasteiger partial charge in [0.25, 0.3) is 11.8 Å². The summed E-state index contributed by atoms with van der Waals surface area (Å²) >= 11 is 1.50. The largest absolute Gasteiger partial charge is 0.365 e. The van der Waals surface area contributed by atoms with Crippen molar-refractivity contribution in [2.45, 2.75) is 25.4 Å². The summed E-state index contributed by atoms with van der Waals surface area (Å²) in [6.45, 7) is 0.586. The van der Waals surface area contributed by atoms with Crippen LogP contribution in [0, 0.1) is 0 Å². The van der Waals surface area contributed by atoms with Crippen LogP contribution in [-0.4, -0.2) is 44.0 Å². The number of fused-ring (bicyclic) bond motifs is 2. The molecule has 1 saturated heterocycles. The number of nitrogens with one attached hydrogen (secondary N) is 2. The van der Waals surface area contributed by atoms with Crippen molar-refractivity contribution in [1.82, 2.24) is 19.6 Å². The molecular formula is C25H19N5O4S. The number of imidazole rings is 1. The van der Waals surface area contributed by atoms with Gasteiger partial charge in [0.15, 0.2) is 4.96 Å². The van der Waals surface area contributed by atoms with Gasteiger partial charge >= 0.3 is 0 Å². The fraction of sp³-hybridized carbons (Fsp3) is 0.160. The van der Waals surface area contributed by atoms with Crippen LogP contribution in [0.3, 0.4) is 0 Å². The molecule has 0 spiro atoms. The van der Waals surface area contributed by atoms with Crippen molar-refractivity contribution >= 4 is 45.7 Å². The fourth-order valence-corrected chi connectivity index (χ4v) is 5.27. The molecule has 10 heteroatoms. The molecule has 0 bridgehead atoms. The first-order valence-electron chi connectivity index (χ1n) is 11.1. The smallest absolute Gasteiger partial charge is 0.262 e. The SMILES string of the molecule is O=C1CCC(N2C(=O)c3ccc(-c4nc5sccn5c4NCc4ccccc4)cc3C2=O)C(=O)N1. The number of amides is 4. The van der Waals surface area contributed by atoms with Crippen LogP contribution >= 0.6 is 11.3 Å². The maximum Gasteiger partial charge on any atom is 0.262 e. The van der Waals surface area contributed by atoms with Crippen molar-refractivity contribution in [2.24, 2.45) is 0 Å². The van der Waals surface area contributed by atoms with Crippen molar-refractivity contribution in [3.63, 3.8) is 0 Å². The molecule has 6 rings (SSSR count). The number of thiazole rings is 1. The number of nitrogens with zero attached hydrogens (tertiary/aromatic N) is 3. The minimum atomic E-state index is -0.996. The summed E-state index contributed by atoms with van der Waals surface area (Å²) in [6.07, 6.45) is 2.13. The first kappa shape index (κ1) is 21.2. The Bertz CT molecular complexity index is 1520. The lowest BCUT2D eigenvalue weighted by atomic mass is 10.0. The molecule has 0 radical (unpaired) electrons. The van der Waals surface area contributed by atoms with Gasteiger partial charge in [0, 0.05) is 30.1 Å². The number of hydrogen-bond donors (Lipinski definition) is 2. The van der Waals surface area contributed by atoms with E-state index >= 15 is 0 Å². The molecule has 9 nitrogen and oxygen atoms in total. The number of piperidine rings is 1. The normalized spacial score (nSPS) is 17.7. The number of benzene rings is 2. The van der Waals surface area contributed by atoms with Crippen LogP contribution in [0.5, 0.6) is 0 Å². The first-order valence-corrected chi connectivity index (χ1v) is 12.0. The van der Waals surface area contributed by atoms with E-state index in [4.69, 9.17) is 4.98 Å². The fourth-order valence-electron chi connectivity index (χ4n) is 4.56. The third kappa shape index (κ3) is 3.50. The molecule has 4 amide bonds. The lowest BCUT2D eigenvalue weighted by molar-refractivity contribution is -0.136. The summed E-state index contributed by atoms with van der Waals surface area (Å²) in [6, 6.07) is 14.0. The molecule has 1 fully saturated rings. The van der Waals surface area contributed by atoms with Crippen LogP contribution in [0.2, 0.25) is 0 Å². The topological polar surface area (TPSA) is 113 Å².